The van der Waals surface area contributed by atoms with E-state index >= 15 is 0 Å². The Hall–Kier alpha value is -1.28. The first kappa shape index (κ1) is 12.2. The Morgan fingerprint density at radius 2 is 2.12 bits per heavy atom. The van der Waals surface area contributed by atoms with Crippen LogP contribution in [0.5, 0.6) is 0 Å². The maximum Gasteiger partial charge on any atom is 0.0396 e. The second kappa shape index (κ2) is 5.37. The van der Waals surface area contributed by atoms with Gasteiger partial charge in [0.1, 0.15) is 0 Å². The second-order valence-corrected chi connectivity index (χ2v) is 5.05. The van der Waals surface area contributed by atoms with E-state index in [1.54, 1.807) is 0 Å². The fraction of sp³-hybridized carbons (Fsp3) is 0.467. The average molecular weight is 230 g/mol. The quantitative estimate of drug-likeness (QED) is 0.756. The number of nitrogens with zero attached hydrogens (tertiary/aromatic N) is 1. The summed E-state index contributed by atoms with van der Waals surface area (Å²) < 4.78 is 0. The van der Waals surface area contributed by atoms with E-state index in [1.807, 2.05) is 0 Å². The summed E-state index contributed by atoms with van der Waals surface area (Å²) in [4.78, 5) is 2.27. The number of hydrogen-bond donors (Lipinski definition) is 1. The van der Waals surface area contributed by atoms with Gasteiger partial charge in [-0.2, -0.15) is 0 Å². The van der Waals surface area contributed by atoms with Crippen LogP contribution >= 0.6 is 0 Å². The summed E-state index contributed by atoms with van der Waals surface area (Å²) in [6.07, 6.45) is 2.67. The van der Waals surface area contributed by atoms with Gasteiger partial charge in [-0.05, 0) is 37.0 Å². The third-order valence-corrected chi connectivity index (χ3v) is 3.21. The molecule has 1 aromatic rings. The molecule has 2 heteroatoms. The van der Waals surface area contributed by atoms with Crippen LogP contribution in [0.25, 0.3) is 0 Å². The highest BCUT2D eigenvalue weighted by Crippen LogP contribution is 2.20. The molecule has 0 radical (unpaired) electrons. The first-order chi connectivity index (χ1) is 8.16. The molecule has 1 aliphatic rings. The van der Waals surface area contributed by atoms with Crippen molar-refractivity contribution in [3.63, 3.8) is 0 Å². The van der Waals surface area contributed by atoms with Crippen molar-refractivity contribution in [1.29, 1.82) is 0 Å². The molecule has 92 valence electrons. The maximum atomic E-state index is 4.15. The van der Waals surface area contributed by atoms with Crippen molar-refractivity contribution in [3.05, 3.63) is 42.0 Å². The zero-order chi connectivity index (χ0) is 12.3. The minimum atomic E-state index is 0.760. The van der Waals surface area contributed by atoms with E-state index < -0.39 is 0 Å². The van der Waals surface area contributed by atoms with Gasteiger partial charge in [-0.3, -0.25) is 0 Å². The normalized spacial score (nSPS) is 14.7. The van der Waals surface area contributed by atoms with E-state index in [-0.39, 0.29) is 0 Å². The van der Waals surface area contributed by atoms with E-state index in [0.717, 1.165) is 19.1 Å². The fourth-order valence-corrected chi connectivity index (χ4v) is 2.04. The summed E-state index contributed by atoms with van der Waals surface area (Å²) in [6, 6.07) is 9.24. The molecule has 0 aliphatic heterocycles. The molecular weight excluding hydrogens is 208 g/mol. The van der Waals surface area contributed by atoms with Crippen molar-refractivity contribution < 1.29 is 0 Å². The molecule has 0 saturated heterocycles. The summed E-state index contributed by atoms with van der Waals surface area (Å²) >= 11 is 0. The molecular formula is C15H22N2. The van der Waals surface area contributed by atoms with Gasteiger partial charge < -0.3 is 10.2 Å². The maximum absolute atomic E-state index is 4.15. The van der Waals surface area contributed by atoms with Crippen LogP contribution in [0.3, 0.4) is 0 Å². The lowest BCUT2D eigenvalue weighted by atomic mass is 10.1. The third kappa shape index (κ3) is 3.60. The van der Waals surface area contributed by atoms with Crippen molar-refractivity contribution in [1.82, 2.24) is 5.32 Å². The summed E-state index contributed by atoms with van der Waals surface area (Å²) in [5.74, 6) is 0. The Bertz CT molecular complexity index is 394. The topological polar surface area (TPSA) is 15.3 Å². The molecule has 0 aromatic heterocycles. The first-order valence-electron chi connectivity index (χ1n) is 6.33. The van der Waals surface area contributed by atoms with Crippen LogP contribution in [-0.2, 0) is 0 Å². The van der Waals surface area contributed by atoms with Crippen LogP contribution in [0, 0.1) is 6.92 Å². The van der Waals surface area contributed by atoms with Crippen molar-refractivity contribution in [2.45, 2.75) is 25.8 Å². The predicted octanol–water partition coefficient (Wildman–Crippen LogP) is 2.74. The van der Waals surface area contributed by atoms with Crippen molar-refractivity contribution in [2.75, 3.05) is 25.0 Å². The van der Waals surface area contributed by atoms with E-state index in [0.29, 0.717) is 0 Å². The largest absolute Gasteiger partial charge is 0.370 e. The molecule has 2 nitrogen and oxygen atoms in total. The van der Waals surface area contributed by atoms with E-state index in [9.17, 15) is 0 Å². The summed E-state index contributed by atoms with van der Waals surface area (Å²) in [7, 11) is 2.13. The number of aryl methyl sites for hydroxylation is 1. The van der Waals surface area contributed by atoms with Crippen LogP contribution in [0.4, 0.5) is 5.69 Å². The molecule has 1 aliphatic carbocycles. The SMILES string of the molecule is C=C(CNC1CC1)CN(C)c1ccccc1C. The van der Waals surface area contributed by atoms with Crippen LogP contribution in [0.15, 0.2) is 36.4 Å². The summed E-state index contributed by atoms with van der Waals surface area (Å²) in [5.41, 5.74) is 3.86. The third-order valence-electron chi connectivity index (χ3n) is 3.21. The number of para-hydroxylation sites is 1. The molecule has 0 spiro atoms. The molecule has 0 heterocycles. The smallest absolute Gasteiger partial charge is 0.0396 e. The first-order valence-corrected chi connectivity index (χ1v) is 6.33. The predicted molar refractivity (Wildman–Crippen MR) is 74.6 cm³/mol. The number of nitrogens with one attached hydrogen (secondary N) is 1. The van der Waals surface area contributed by atoms with Gasteiger partial charge in [0, 0.05) is 31.9 Å². The van der Waals surface area contributed by atoms with Gasteiger partial charge >= 0.3 is 0 Å². The Morgan fingerprint density at radius 1 is 1.41 bits per heavy atom. The lowest BCUT2D eigenvalue weighted by Gasteiger charge is -2.22. The molecule has 1 fully saturated rings. The van der Waals surface area contributed by atoms with Crippen LogP contribution in [0.1, 0.15) is 18.4 Å². The molecule has 1 aromatic carbocycles. The van der Waals surface area contributed by atoms with E-state index in [1.165, 1.54) is 29.7 Å². The van der Waals surface area contributed by atoms with Crippen molar-refractivity contribution >= 4 is 5.69 Å². The van der Waals surface area contributed by atoms with Gasteiger partial charge in [0.25, 0.3) is 0 Å². The number of likely N-dealkylation sites (N-methyl/N-ethyl adjacent to an activating group) is 1. The second-order valence-electron chi connectivity index (χ2n) is 5.05. The Kier molecular flexibility index (Phi) is 3.85. The molecule has 1 saturated carbocycles. The lowest BCUT2D eigenvalue weighted by molar-refractivity contribution is 0.722. The molecule has 0 bridgehead atoms. The Morgan fingerprint density at radius 3 is 2.76 bits per heavy atom. The number of rotatable bonds is 6. The van der Waals surface area contributed by atoms with Crippen molar-refractivity contribution in [2.24, 2.45) is 0 Å². The highest BCUT2D eigenvalue weighted by atomic mass is 15.1. The Balaban J connectivity index is 1.85. The van der Waals surface area contributed by atoms with E-state index in [2.05, 4.69) is 55.0 Å². The number of benzene rings is 1. The van der Waals surface area contributed by atoms with Crippen LogP contribution in [0.2, 0.25) is 0 Å². The number of hydrogen-bond acceptors (Lipinski definition) is 2. The minimum Gasteiger partial charge on any atom is -0.370 e. The number of anilines is 1. The van der Waals surface area contributed by atoms with Crippen LogP contribution in [-0.4, -0.2) is 26.2 Å². The van der Waals surface area contributed by atoms with E-state index in [4.69, 9.17) is 0 Å². The standard InChI is InChI=1S/C15H22N2/c1-12(10-16-14-8-9-14)11-17(3)15-7-5-4-6-13(15)2/h4-7,14,16H,1,8-11H2,2-3H3. The lowest BCUT2D eigenvalue weighted by Crippen LogP contribution is -2.27. The average Bonchev–Trinajstić information content (AvgIpc) is 3.10. The summed E-state index contributed by atoms with van der Waals surface area (Å²) in [6.45, 7) is 8.16. The molecule has 17 heavy (non-hydrogen) atoms. The van der Waals surface area contributed by atoms with Gasteiger partial charge in [0.2, 0.25) is 0 Å². The highest BCUT2D eigenvalue weighted by Gasteiger charge is 2.20. The van der Waals surface area contributed by atoms with Crippen LogP contribution < -0.4 is 10.2 Å². The Labute approximate surface area is 104 Å². The van der Waals surface area contributed by atoms with Gasteiger partial charge in [-0.1, -0.05) is 24.8 Å². The zero-order valence-electron chi connectivity index (χ0n) is 10.9. The molecule has 2 rings (SSSR count). The fourth-order valence-electron chi connectivity index (χ4n) is 2.04. The molecule has 0 unspecified atom stereocenters. The van der Waals surface area contributed by atoms with Crippen molar-refractivity contribution in [3.8, 4) is 0 Å². The minimum absolute atomic E-state index is 0.760. The molecule has 0 amide bonds. The van der Waals surface area contributed by atoms with Gasteiger partial charge in [0.05, 0.1) is 0 Å². The van der Waals surface area contributed by atoms with Gasteiger partial charge in [0.15, 0.2) is 0 Å². The molecule has 1 N–H and O–H groups in total. The molecule has 0 atom stereocenters. The zero-order valence-corrected chi connectivity index (χ0v) is 10.9. The monoisotopic (exact) mass is 230 g/mol. The van der Waals surface area contributed by atoms with Gasteiger partial charge in [-0.15, -0.1) is 0 Å². The summed E-state index contributed by atoms with van der Waals surface area (Å²) in [5, 5.41) is 3.50. The highest BCUT2D eigenvalue weighted by molar-refractivity contribution is 5.53. The van der Waals surface area contributed by atoms with Gasteiger partial charge in [-0.25, -0.2) is 0 Å².